The molecular formula is C18H21ClN2O3. The fourth-order valence-corrected chi connectivity index (χ4v) is 2.04. The number of nitrogens with one attached hydrogen (secondary N) is 1. The summed E-state index contributed by atoms with van der Waals surface area (Å²) in [5.74, 6) is 1.51. The third-order valence-corrected chi connectivity index (χ3v) is 3.50. The maximum Gasteiger partial charge on any atom is 0.317 e. The maximum atomic E-state index is 11.9. The lowest BCUT2D eigenvalue weighted by Crippen LogP contribution is -2.40. The highest BCUT2D eigenvalue weighted by atomic mass is 35.5. The maximum absolute atomic E-state index is 11.9. The molecule has 2 aromatic carbocycles. The van der Waals surface area contributed by atoms with Gasteiger partial charge in [-0.3, -0.25) is 0 Å². The van der Waals surface area contributed by atoms with Gasteiger partial charge in [0.2, 0.25) is 0 Å². The lowest BCUT2D eigenvalue weighted by atomic mass is 10.3. The second-order valence-electron chi connectivity index (χ2n) is 5.12. The first kappa shape index (κ1) is 17.9. The molecule has 0 atom stereocenters. The third kappa shape index (κ3) is 6.38. The number of halogens is 1. The van der Waals surface area contributed by atoms with Crippen LogP contribution in [0.25, 0.3) is 0 Å². The lowest BCUT2D eigenvalue weighted by Gasteiger charge is -2.18. The summed E-state index contributed by atoms with van der Waals surface area (Å²) in [4.78, 5) is 13.5. The Labute approximate surface area is 147 Å². The highest BCUT2D eigenvalue weighted by molar-refractivity contribution is 6.30. The smallest absolute Gasteiger partial charge is 0.317 e. The van der Waals surface area contributed by atoms with Gasteiger partial charge in [-0.1, -0.05) is 29.8 Å². The Balaban J connectivity index is 1.58. The van der Waals surface area contributed by atoms with Crippen LogP contribution < -0.4 is 14.8 Å². The lowest BCUT2D eigenvalue weighted by molar-refractivity contribution is 0.192. The van der Waals surface area contributed by atoms with Crippen LogP contribution in [-0.2, 0) is 0 Å². The second-order valence-corrected chi connectivity index (χ2v) is 5.55. The van der Waals surface area contributed by atoms with Crippen LogP contribution in [0.1, 0.15) is 0 Å². The standard InChI is InChI=1S/C18H21ClN2O3/c1-21(12-14-24-16-5-3-2-4-6-16)18(22)20-11-13-23-17-9-7-15(19)8-10-17/h2-10H,11-14H2,1H3,(H,20,22). The molecule has 0 aliphatic carbocycles. The van der Waals surface area contributed by atoms with Gasteiger partial charge in [-0.2, -0.15) is 0 Å². The Morgan fingerprint density at radius 2 is 1.62 bits per heavy atom. The van der Waals surface area contributed by atoms with Crippen LogP contribution in [0.15, 0.2) is 54.6 Å². The van der Waals surface area contributed by atoms with Crippen molar-refractivity contribution < 1.29 is 14.3 Å². The quantitative estimate of drug-likeness (QED) is 0.743. The fraction of sp³-hybridized carbons (Fsp3) is 0.278. The number of hydrogen-bond acceptors (Lipinski definition) is 3. The van der Waals surface area contributed by atoms with E-state index < -0.39 is 0 Å². The summed E-state index contributed by atoms with van der Waals surface area (Å²) in [6, 6.07) is 16.5. The summed E-state index contributed by atoms with van der Waals surface area (Å²) in [5, 5.41) is 3.46. The summed E-state index contributed by atoms with van der Waals surface area (Å²) in [7, 11) is 1.73. The first-order valence-corrected chi connectivity index (χ1v) is 8.08. The van der Waals surface area contributed by atoms with Crippen molar-refractivity contribution in [3.8, 4) is 11.5 Å². The van der Waals surface area contributed by atoms with Gasteiger partial charge >= 0.3 is 6.03 Å². The number of rotatable bonds is 8. The van der Waals surface area contributed by atoms with Crippen molar-refractivity contribution >= 4 is 17.6 Å². The Morgan fingerprint density at radius 1 is 1.00 bits per heavy atom. The van der Waals surface area contributed by atoms with Gasteiger partial charge in [-0.25, -0.2) is 4.79 Å². The average molecular weight is 349 g/mol. The summed E-state index contributed by atoms with van der Waals surface area (Å²) >= 11 is 5.80. The van der Waals surface area contributed by atoms with Gasteiger partial charge in [0.15, 0.2) is 0 Å². The van der Waals surface area contributed by atoms with Gasteiger partial charge < -0.3 is 19.7 Å². The predicted octanol–water partition coefficient (Wildman–Crippen LogP) is 3.44. The number of benzene rings is 2. The zero-order valence-electron chi connectivity index (χ0n) is 13.6. The van der Waals surface area contributed by atoms with Crippen LogP contribution >= 0.6 is 11.6 Å². The zero-order chi connectivity index (χ0) is 17.2. The molecule has 0 bridgehead atoms. The number of amides is 2. The number of carbonyl (C=O) groups excluding carboxylic acids is 1. The van der Waals surface area contributed by atoms with E-state index in [1.807, 2.05) is 30.3 Å². The molecule has 0 aromatic heterocycles. The van der Waals surface area contributed by atoms with Crippen LogP contribution in [0.5, 0.6) is 11.5 Å². The SMILES string of the molecule is CN(CCOc1ccccc1)C(=O)NCCOc1ccc(Cl)cc1. The number of para-hydroxylation sites is 1. The molecular weight excluding hydrogens is 328 g/mol. The van der Waals surface area contributed by atoms with Gasteiger partial charge in [-0.05, 0) is 36.4 Å². The van der Waals surface area contributed by atoms with Crippen molar-refractivity contribution in [1.29, 1.82) is 0 Å². The molecule has 128 valence electrons. The van der Waals surface area contributed by atoms with Gasteiger partial charge in [0.25, 0.3) is 0 Å². The number of urea groups is 1. The molecule has 2 aromatic rings. The first-order chi connectivity index (χ1) is 11.6. The monoisotopic (exact) mass is 348 g/mol. The predicted molar refractivity (Wildman–Crippen MR) is 94.9 cm³/mol. The Bertz CT molecular complexity index is 620. The molecule has 0 aliphatic rings. The summed E-state index contributed by atoms with van der Waals surface area (Å²) in [6.07, 6.45) is 0. The summed E-state index contributed by atoms with van der Waals surface area (Å²) < 4.78 is 11.1. The molecule has 0 fully saturated rings. The van der Waals surface area contributed by atoms with Crippen molar-refractivity contribution in [3.05, 3.63) is 59.6 Å². The van der Waals surface area contributed by atoms with Crippen molar-refractivity contribution in [1.82, 2.24) is 10.2 Å². The van der Waals surface area contributed by atoms with Crippen LogP contribution in [0.2, 0.25) is 5.02 Å². The van der Waals surface area contributed by atoms with Crippen molar-refractivity contribution in [2.45, 2.75) is 0 Å². The number of nitrogens with zero attached hydrogens (tertiary/aromatic N) is 1. The topological polar surface area (TPSA) is 50.8 Å². The van der Waals surface area contributed by atoms with Crippen LogP contribution in [-0.4, -0.2) is 44.3 Å². The molecule has 0 spiro atoms. The third-order valence-electron chi connectivity index (χ3n) is 3.25. The second kappa shape index (κ2) is 9.67. The van der Waals surface area contributed by atoms with Crippen LogP contribution in [0.4, 0.5) is 4.79 Å². The van der Waals surface area contributed by atoms with E-state index in [1.54, 1.807) is 36.2 Å². The molecule has 0 unspecified atom stereocenters. The van der Waals surface area contributed by atoms with E-state index in [0.717, 1.165) is 11.5 Å². The average Bonchev–Trinajstić information content (AvgIpc) is 2.61. The van der Waals surface area contributed by atoms with Crippen molar-refractivity contribution in [2.24, 2.45) is 0 Å². The first-order valence-electron chi connectivity index (χ1n) is 7.70. The minimum atomic E-state index is -0.161. The van der Waals surface area contributed by atoms with Gasteiger partial charge in [-0.15, -0.1) is 0 Å². The molecule has 0 aliphatic heterocycles. The van der Waals surface area contributed by atoms with E-state index in [1.165, 1.54) is 0 Å². The van der Waals surface area contributed by atoms with E-state index in [9.17, 15) is 4.79 Å². The Hall–Kier alpha value is -2.40. The molecule has 0 saturated carbocycles. The number of hydrogen-bond donors (Lipinski definition) is 1. The Morgan fingerprint density at radius 3 is 2.33 bits per heavy atom. The molecule has 6 heteroatoms. The zero-order valence-corrected chi connectivity index (χ0v) is 14.3. The summed E-state index contributed by atoms with van der Waals surface area (Å²) in [5.41, 5.74) is 0. The van der Waals surface area contributed by atoms with E-state index >= 15 is 0 Å². The number of carbonyl (C=O) groups is 1. The highest BCUT2D eigenvalue weighted by Gasteiger charge is 2.07. The Kier molecular flexibility index (Phi) is 7.23. The summed E-state index contributed by atoms with van der Waals surface area (Å²) in [6.45, 7) is 1.75. The fourth-order valence-electron chi connectivity index (χ4n) is 1.91. The molecule has 1 N–H and O–H groups in total. The van der Waals surface area contributed by atoms with E-state index in [2.05, 4.69) is 5.32 Å². The molecule has 24 heavy (non-hydrogen) atoms. The minimum Gasteiger partial charge on any atom is -0.492 e. The molecule has 0 radical (unpaired) electrons. The number of ether oxygens (including phenoxy) is 2. The molecule has 2 rings (SSSR count). The van der Waals surface area contributed by atoms with Gasteiger partial charge in [0, 0.05) is 12.1 Å². The number of likely N-dealkylation sites (N-methyl/N-ethyl adjacent to an activating group) is 1. The van der Waals surface area contributed by atoms with Gasteiger partial charge in [0.1, 0.15) is 24.7 Å². The largest absolute Gasteiger partial charge is 0.492 e. The van der Waals surface area contributed by atoms with Gasteiger partial charge in [0.05, 0.1) is 13.1 Å². The minimum absolute atomic E-state index is 0.161. The van der Waals surface area contributed by atoms with Crippen LogP contribution in [0, 0.1) is 0 Å². The van der Waals surface area contributed by atoms with Crippen LogP contribution in [0.3, 0.4) is 0 Å². The van der Waals surface area contributed by atoms with Crippen molar-refractivity contribution in [3.63, 3.8) is 0 Å². The normalized spacial score (nSPS) is 10.1. The molecule has 5 nitrogen and oxygen atoms in total. The highest BCUT2D eigenvalue weighted by Crippen LogP contribution is 2.15. The molecule has 0 heterocycles. The van der Waals surface area contributed by atoms with Crippen molar-refractivity contribution in [2.75, 3.05) is 33.4 Å². The van der Waals surface area contributed by atoms with E-state index in [4.69, 9.17) is 21.1 Å². The van der Waals surface area contributed by atoms with E-state index in [-0.39, 0.29) is 6.03 Å². The molecule has 0 saturated heterocycles. The van der Waals surface area contributed by atoms with E-state index in [0.29, 0.717) is 31.3 Å². The molecule has 2 amide bonds.